The average molecular weight is 213 g/mol. The van der Waals surface area contributed by atoms with E-state index in [2.05, 4.69) is 0 Å². The van der Waals surface area contributed by atoms with Gasteiger partial charge in [-0.25, -0.2) is 0 Å². The smallest absolute Gasteiger partial charge is 0.124 e. The van der Waals surface area contributed by atoms with Crippen LogP contribution in [0.5, 0.6) is 5.75 Å². The molecule has 1 fully saturated rings. The molecule has 2 nitrogen and oxygen atoms in total. The Morgan fingerprint density at radius 1 is 1.43 bits per heavy atom. The van der Waals surface area contributed by atoms with Crippen molar-refractivity contribution in [1.29, 1.82) is 0 Å². The Kier molecular flexibility index (Phi) is 3.27. The van der Waals surface area contributed by atoms with E-state index in [1.807, 2.05) is 24.3 Å². The molecule has 0 N–H and O–H groups in total. The summed E-state index contributed by atoms with van der Waals surface area (Å²) in [7, 11) is 0. The van der Waals surface area contributed by atoms with E-state index in [4.69, 9.17) is 21.1 Å². The van der Waals surface area contributed by atoms with Gasteiger partial charge in [-0.05, 0) is 6.07 Å². The van der Waals surface area contributed by atoms with Crippen molar-refractivity contribution in [3.63, 3.8) is 0 Å². The normalized spacial score (nSPS) is 21.1. The summed E-state index contributed by atoms with van der Waals surface area (Å²) in [6.07, 6.45) is 1.16. The molecule has 0 aromatic heterocycles. The molecule has 1 unspecified atom stereocenters. The number of halogens is 1. The van der Waals surface area contributed by atoms with Gasteiger partial charge in [-0.3, -0.25) is 0 Å². The molecule has 2 rings (SSSR count). The largest absolute Gasteiger partial charge is 0.488 e. The summed E-state index contributed by atoms with van der Waals surface area (Å²) in [5.74, 6) is 1.38. The Balaban J connectivity index is 2.07. The molecule has 14 heavy (non-hydrogen) atoms. The molecule has 1 heterocycles. The Bertz CT molecular complexity index is 295. The number of benzene rings is 1. The second kappa shape index (κ2) is 4.67. The fourth-order valence-electron chi connectivity index (χ4n) is 1.51. The van der Waals surface area contributed by atoms with Crippen molar-refractivity contribution in [1.82, 2.24) is 0 Å². The van der Waals surface area contributed by atoms with Gasteiger partial charge in [0.05, 0.1) is 19.1 Å². The molecular weight excluding hydrogens is 200 g/mol. The standard InChI is InChI=1S/C11H13ClO2/c12-7-9-3-1-2-4-11(9)14-10-5-6-13-8-10/h1-4,10H,5-8H2. The molecule has 3 heteroatoms. The third-order valence-corrected chi connectivity index (χ3v) is 2.59. The predicted octanol–water partition coefficient (Wildman–Crippen LogP) is 2.59. The summed E-state index contributed by atoms with van der Waals surface area (Å²) in [5, 5.41) is 0. The molecule has 1 aromatic rings. The van der Waals surface area contributed by atoms with E-state index in [9.17, 15) is 0 Å². The summed E-state index contributed by atoms with van der Waals surface area (Å²) in [4.78, 5) is 0. The van der Waals surface area contributed by atoms with Crippen LogP contribution in [0.3, 0.4) is 0 Å². The number of rotatable bonds is 3. The van der Waals surface area contributed by atoms with Gasteiger partial charge in [-0.1, -0.05) is 18.2 Å². The minimum absolute atomic E-state index is 0.194. The van der Waals surface area contributed by atoms with E-state index in [-0.39, 0.29) is 6.10 Å². The maximum absolute atomic E-state index is 5.81. The van der Waals surface area contributed by atoms with E-state index >= 15 is 0 Å². The maximum Gasteiger partial charge on any atom is 0.124 e. The van der Waals surface area contributed by atoms with Crippen molar-refractivity contribution in [2.24, 2.45) is 0 Å². The molecule has 0 amide bonds. The van der Waals surface area contributed by atoms with Crippen molar-refractivity contribution in [3.8, 4) is 5.75 Å². The lowest BCUT2D eigenvalue weighted by atomic mass is 10.2. The molecule has 0 radical (unpaired) electrons. The predicted molar refractivity (Wildman–Crippen MR) is 55.9 cm³/mol. The number of para-hydroxylation sites is 1. The molecule has 1 saturated heterocycles. The van der Waals surface area contributed by atoms with Crippen LogP contribution >= 0.6 is 11.6 Å². The van der Waals surface area contributed by atoms with Gasteiger partial charge in [0.2, 0.25) is 0 Å². The topological polar surface area (TPSA) is 18.5 Å². The first-order valence-corrected chi connectivity index (χ1v) is 5.32. The van der Waals surface area contributed by atoms with Crippen LogP contribution in [-0.4, -0.2) is 19.3 Å². The van der Waals surface area contributed by atoms with Gasteiger partial charge in [0, 0.05) is 12.0 Å². The average Bonchev–Trinajstić information content (AvgIpc) is 2.71. The van der Waals surface area contributed by atoms with E-state index in [0.717, 1.165) is 24.3 Å². The van der Waals surface area contributed by atoms with E-state index in [1.165, 1.54) is 0 Å². The highest BCUT2D eigenvalue weighted by Gasteiger charge is 2.17. The Morgan fingerprint density at radius 2 is 2.29 bits per heavy atom. The van der Waals surface area contributed by atoms with Gasteiger partial charge < -0.3 is 9.47 Å². The van der Waals surface area contributed by atoms with Crippen LogP contribution in [0.1, 0.15) is 12.0 Å². The maximum atomic E-state index is 5.81. The van der Waals surface area contributed by atoms with Crippen LogP contribution in [-0.2, 0) is 10.6 Å². The van der Waals surface area contributed by atoms with Crippen molar-refractivity contribution >= 4 is 11.6 Å². The van der Waals surface area contributed by atoms with Crippen LogP contribution in [0.2, 0.25) is 0 Å². The molecular formula is C11H13ClO2. The molecule has 0 saturated carbocycles. The Morgan fingerprint density at radius 3 is 3.00 bits per heavy atom. The minimum Gasteiger partial charge on any atom is -0.488 e. The van der Waals surface area contributed by atoms with Gasteiger partial charge in [-0.2, -0.15) is 0 Å². The lowest BCUT2D eigenvalue weighted by Gasteiger charge is -2.14. The first-order valence-electron chi connectivity index (χ1n) is 4.78. The third kappa shape index (κ3) is 2.20. The highest BCUT2D eigenvalue weighted by molar-refractivity contribution is 6.17. The van der Waals surface area contributed by atoms with Gasteiger partial charge >= 0.3 is 0 Å². The lowest BCUT2D eigenvalue weighted by Crippen LogP contribution is -2.16. The first kappa shape index (κ1) is 9.81. The summed E-state index contributed by atoms with van der Waals surface area (Å²) >= 11 is 5.81. The Hall–Kier alpha value is -0.730. The molecule has 1 aliphatic heterocycles. The zero-order valence-electron chi connectivity index (χ0n) is 7.91. The van der Waals surface area contributed by atoms with Gasteiger partial charge in [-0.15, -0.1) is 11.6 Å². The molecule has 1 aromatic carbocycles. The Labute approximate surface area is 88.8 Å². The number of hydrogen-bond acceptors (Lipinski definition) is 2. The van der Waals surface area contributed by atoms with Crippen molar-refractivity contribution in [2.45, 2.75) is 18.4 Å². The zero-order chi connectivity index (χ0) is 9.80. The molecule has 1 atom stereocenters. The van der Waals surface area contributed by atoms with Crippen molar-refractivity contribution in [3.05, 3.63) is 29.8 Å². The van der Waals surface area contributed by atoms with Crippen LogP contribution in [0, 0.1) is 0 Å². The highest BCUT2D eigenvalue weighted by Crippen LogP contribution is 2.23. The van der Waals surface area contributed by atoms with E-state index in [0.29, 0.717) is 12.5 Å². The molecule has 76 valence electrons. The fourth-order valence-corrected chi connectivity index (χ4v) is 1.74. The highest BCUT2D eigenvalue weighted by atomic mass is 35.5. The van der Waals surface area contributed by atoms with E-state index < -0.39 is 0 Å². The number of ether oxygens (including phenoxy) is 2. The minimum atomic E-state index is 0.194. The number of hydrogen-bond donors (Lipinski definition) is 0. The zero-order valence-corrected chi connectivity index (χ0v) is 8.67. The van der Waals surface area contributed by atoms with Crippen LogP contribution in [0.4, 0.5) is 0 Å². The molecule has 1 aliphatic rings. The van der Waals surface area contributed by atoms with Gasteiger partial charge in [0.1, 0.15) is 11.9 Å². The molecule has 0 spiro atoms. The van der Waals surface area contributed by atoms with Crippen LogP contribution in [0.15, 0.2) is 24.3 Å². The first-order chi connectivity index (χ1) is 6.90. The summed E-state index contributed by atoms with van der Waals surface area (Å²) < 4.78 is 11.0. The lowest BCUT2D eigenvalue weighted by molar-refractivity contribution is 0.141. The SMILES string of the molecule is ClCc1ccccc1OC1CCOC1. The monoisotopic (exact) mass is 212 g/mol. The number of alkyl halides is 1. The third-order valence-electron chi connectivity index (χ3n) is 2.30. The van der Waals surface area contributed by atoms with Gasteiger partial charge in [0.25, 0.3) is 0 Å². The summed E-state index contributed by atoms with van der Waals surface area (Å²) in [5.41, 5.74) is 1.04. The summed E-state index contributed by atoms with van der Waals surface area (Å²) in [6.45, 7) is 1.49. The second-order valence-electron chi connectivity index (χ2n) is 3.34. The van der Waals surface area contributed by atoms with Crippen molar-refractivity contribution < 1.29 is 9.47 Å². The fraction of sp³-hybridized carbons (Fsp3) is 0.455. The van der Waals surface area contributed by atoms with Crippen LogP contribution in [0.25, 0.3) is 0 Å². The van der Waals surface area contributed by atoms with Gasteiger partial charge in [0.15, 0.2) is 0 Å². The summed E-state index contributed by atoms with van der Waals surface area (Å²) in [6, 6.07) is 7.87. The molecule has 0 aliphatic carbocycles. The second-order valence-corrected chi connectivity index (χ2v) is 3.61. The van der Waals surface area contributed by atoms with Crippen LogP contribution < -0.4 is 4.74 Å². The quantitative estimate of drug-likeness (QED) is 0.718. The van der Waals surface area contributed by atoms with E-state index in [1.54, 1.807) is 0 Å². The molecule has 0 bridgehead atoms. The van der Waals surface area contributed by atoms with Crippen molar-refractivity contribution in [2.75, 3.05) is 13.2 Å².